The smallest absolute Gasteiger partial charge is 0.266 e. The lowest BCUT2D eigenvalue weighted by Crippen LogP contribution is -2.56. The monoisotopic (exact) mass is 332 g/mol. The van der Waals surface area contributed by atoms with Crippen LogP contribution < -0.4 is 22.1 Å². The summed E-state index contributed by atoms with van der Waals surface area (Å²) in [6.07, 6.45) is 0. The Labute approximate surface area is 143 Å². The van der Waals surface area contributed by atoms with Crippen molar-refractivity contribution in [2.24, 2.45) is 9.98 Å². The van der Waals surface area contributed by atoms with Crippen molar-refractivity contribution in [2.45, 2.75) is 19.5 Å². The minimum absolute atomic E-state index is 0.206. The van der Waals surface area contributed by atoms with E-state index in [0.29, 0.717) is 16.9 Å². The Morgan fingerprint density at radius 3 is 1.84 bits per heavy atom. The maximum atomic E-state index is 13.2. The molecule has 0 saturated heterocycles. The van der Waals surface area contributed by atoms with Crippen LogP contribution in [0, 0.1) is 0 Å². The van der Waals surface area contributed by atoms with Gasteiger partial charge in [0.15, 0.2) is 10.8 Å². The molecule has 1 aliphatic rings. The van der Waals surface area contributed by atoms with E-state index in [1.165, 1.54) is 4.57 Å². The van der Waals surface area contributed by atoms with Crippen molar-refractivity contribution < 1.29 is 0 Å². The zero-order valence-corrected chi connectivity index (χ0v) is 13.9. The molecule has 6 heteroatoms. The average Bonchev–Trinajstić information content (AvgIpc) is 2.92. The molecule has 2 aromatic carbocycles. The van der Waals surface area contributed by atoms with Gasteiger partial charge in [-0.15, -0.1) is 0 Å². The van der Waals surface area contributed by atoms with E-state index in [1.54, 1.807) is 38.1 Å². The molecule has 25 heavy (non-hydrogen) atoms. The normalized spacial score (nSPS) is 14.5. The Bertz CT molecular complexity index is 1190. The first-order valence-corrected chi connectivity index (χ1v) is 7.97. The highest BCUT2D eigenvalue weighted by atomic mass is 16.2. The summed E-state index contributed by atoms with van der Waals surface area (Å²) in [7, 11) is 0. The molecule has 0 radical (unpaired) electrons. The Morgan fingerprint density at radius 1 is 0.760 bits per heavy atom. The van der Waals surface area contributed by atoms with Crippen molar-refractivity contribution in [3.63, 3.8) is 0 Å². The van der Waals surface area contributed by atoms with Crippen LogP contribution in [0.5, 0.6) is 0 Å². The zero-order chi connectivity index (χ0) is 17.6. The van der Waals surface area contributed by atoms with E-state index in [9.17, 15) is 9.59 Å². The van der Waals surface area contributed by atoms with Crippen molar-refractivity contribution in [2.75, 3.05) is 0 Å². The molecule has 3 aromatic rings. The van der Waals surface area contributed by atoms with Crippen molar-refractivity contribution >= 4 is 0 Å². The molecular weight excluding hydrogens is 316 g/mol. The summed E-state index contributed by atoms with van der Waals surface area (Å²) in [5, 5.41) is 0.206. The second kappa shape index (κ2) is 5.37. The third kappa shape index (κ3) is 2.42. The summed E-state index contributed by atoms with van der Waals surface area (Å²) >= 11 is 0. The highest BCUT2D eigenvalue weighted by Gasteiger charge is 2.25. The van der Waals surface area contributed by atoms with Gasteiger partial charge in [-0.2, -0.15) is 0 Å². The van der Waals surface area contributed by atoms with Crippen molar-refractivity contribution in [3.8, 4) is 11.4 Å². The molecule has 6 nitrogen and oxygen atoms in total. The molecule has 1 aliphatic heterocycles. The van der Waals surface area contributed by atoms with Gasteiger partial charge in [0.1, 0.15) is 5.66 Å². The Balaban J connectivity index is 2.22. The van der Waals surface area contributed by atoms with Crippen molar-refractivity contribution in [3.05, 3.63) is 92.3 Å². The highest BCUT2D eigenvalue weighted by molar-refractivity contribution is 5.35. The van der Waals surface area contributed by atoms with Crippen LogP contribution in [0.3, 0.4) is 0 Å². The van der Waals surface area contributed by atoms with Gasteiger partial charge in [-0.3, -0.25) is 4.79 Å². The Hall–Kier alpha value is -3.28. The molecule has 4 rings (SSSR count). The minimum atomic E-state index is -0.777. The first-order valence-electron chi connectivity index (χ1n) is 7.97. The van der Waals surface area contributed by atoms with Gasteiger partial charge >= 0.3 is 5.69 Å². The average molecular weight is 332 g/mol. The summed E-state index contributed by atoms with van der Waals surface area (Å²) in [5.74, 6) is 0. The molecule has 0 N–H and O–H groups in total. The van der Waals surface area contributed by atoms with Crippen LogP contribution in [0.25, 0.3) is 11.4 Å². The second-order valence-corrected chi connectivity index (χ2v) is 6.32. The number of hydrogen-bond donors (Lipinski definition) is 0. The molecule has 0 unspecified atom stereocenters. The van der Waals surface area contributed by atoms with Crippen LogP contribution in [0.4, 0.5) is 0 Å². The fraction of sp³-hybridized carbons (Fsp3) is 0.158. The number of fused-ring (bicyclic) bond motifs is 1. The Kier molecular flexibility index (Phi) is 3.28. The van der Waals surface area contributed by atoms with Gasteiger partial charge in [-0.25, -0.2) is 23.9 Å². The fourth-order valence-corrected chi connectivity index (χ4v) is 2.96. The number of aromatic nitrogens is 2. The number of para-hydroxylation sites is 2. The molecule has 1 aromatic heterocycles. The number of benzene rings is 2. The topological polar surface area (TPSA) is 68.7 Å². The van der Waals surface area contributed by atoms with Gasteiger partial charge < -0.3 is 0 Å². The van der Waals surface area contributed by atoms with E-state index in [0.717, 1.165) is 4.57 Å². The van der Waals surface area contributed by atoms with Gasteiger partial charge in [-0.05, 0) is 38.1 Å². The molecule has 0 aliphatic carbocycles. The predicted molar refractivity (Wildman–Crippen MR) is 94.0 cm³/mol. The van der Waals surface area contributed by atoms with Crippen LogP contribution in [0.2, 0.25) is 0 Å². The molecule has 0 bridgehead atoms. The molecule has 0 atom stereocenters. The van der Waals surface area contributed by atoms with Crippen molar-refractivity contribution in [1.29, 1.82) is 0 Å². The van der Waals surface area contributed by atoms with Crippen LogP contribution in [-0.2, 0) is 0 Å². The summed E-state index contributed by atoms with van der Waals surface area (Å²) in [6.45, 7) is 3.61. The van der Waals surface area contributed by atoms with E-state index in [2.05, 4.69) is 9.98 Å². The molecule has 0 spiro atoms. The third-order valence-electron chi connectivity index (χ3n) is 4.01. The maximum absolute atomic E-state index is 13.2. The molecule has 0 amide bonds. The quantitative estimate of drug-likeness (QED) is 0.702. The largest absolute Gasteiger partial charge is 0.342 e. The van der Waals surface area contributed by atoms with E-state index in [-0.39, 0.29) is 5.36 Å². The molecule has 124 valence electrons. The number of nitrogens with zero attached hydrogens (tertiary/aromatic N) is 4. The van der Waals surface area contributed by atoms with Crippen LogP contribution in [0.15, 0.2) is 80.2 Å². The lowest BCUT2D eigenvalue weighted by atomic mass is 10.3. The number of hydrogen-bond acceptors (Lipinski definition) is 4. The zero-order valence-electron chi connectivity index (χ0n) is 13.9. The van der Waals surface area contributed by atoms with Gasteiger partial charge in [0.25, 0.3) is 5.56 Å². The summed E-state index contributed by atoms with van der Waals surface area (Å²) in [4.78, 5) is 35.1. The van der Waals surface area contributed by atoms with Gasteiger partial charge in [-0.1, -0.05) is 36.4 Å². The van der Waals surface area contributed by atoms with E-state index >= 15 is 0 Å². The SMILES string of the molecule is CC1(C)N=c2c(=O)n(-c3ccccc3)c(=O)n(-c3ccccc3)c2=N1. The van der Waals surface area contributed by atoms with E-state index in [1.807, 2.05) is 36.4 Å². The standard InChI is InChI=1S/C19H16N4O2/c1-19(2)20-15-16(21-19)22(13-9-5-3-6-10-13)18(25)23(17(15)24)14-11-7-4-8-12-14/h3-12H,1-2H3. The Morgan fingerprint density at radius 2 is 1.28 bits per heavy atom. The summed E-state index contributed by atoms with van der Waals surface area (Å²) in [5.41, 5.74) is -0.237. The molecular formula is C19H16N4O2. The molecule has 2 heterocycles. The van der Waals surface area contributed by atoms with E-state index < -0.39 is 16.9 Å². The lowest BCUT2D eigenvalue weighted by Gasteiger charge is -2.10. The number of rotatable bonds is 2. The van der Waals surface area contributed by atoms with Gasteiger partial charge in [0.2, 0.25) is 0 Å². The molecule has 0 saturated carbocycles. The predicted octanol–water partition coefficient (Wildman–Crippen LogP) is 0.977. The summed E-state index contributed by atoms with van der Waals surface area (Å²) < 4.78 is 2.59. The first-order chi connectivity index (χ1) is 12.0. The van der Waals surface area contributed by atoms with Gasteiger partial charge in [0.05, 0.1) is 11.4 Å². The van der Waals surface area contributed by atoms with Crippen LogP contribution in [0.1, 0.15) is 13.8 Å². The fourth-order valence-electron chi connectivity index (χ4n) is 2.96. The second-order valence-electron chi connectivity index (χ2n) is 6.32. The summed E-state index contributed by atoms with van der Waals surface area (Å²) in [6, 6.07) is 18.0. The first kappa shape index (κ1) is 15.3. The molecule has 0 fully saturated rings. The van der Waals surface area contributed by atoms with Gasteiger partial charge in [0, 0.05) is 0 Å². The van der Waals surface area contributed by atoms with E-state index in [4.69, 9.17) is 0 Å². The van der Waals surface area contributed by atoms with Crippen LogP contribution in [-0.4, -0.2) is 14.8 Å². The minimum Gasteiger partial charge on any atom is -0.266 e. The third-order valence-corrected chi connectivity index (χ3v) is 4.01. The highest BCUT2D eigenvalue weighted by Crippen LogP contribution is 2.11. The van der Waals surface area contributed by atoms with Crippen molar-refractivity contribution in [1.82, 2.24) is 9.13 Å². The maximum Gasteiger partial charge on any atom is 0.342 e. The van der Waals surface area contributed by atoms with Crippen LogP contribution >= 0.6 is 0 Å². The lowest BCUT2D eigenvalue weighted by molar-refractivity contribution is 0.545.